The van der Waals surface area contributed by atoms with Gasteiger partial charge < -0.3 is 24.6 Å². The summed E-state index contributed by atoms with van der Waals surface area (Å²) in [6.45, 7) is 0. The summed E-state index contributed by atoms with van der Waals surface area (Å²) in [5, 5.41) is 0.367. The van der Waals surface area contributed by atoms with Crippen molar-refractivity contribution < 1.29 is 27.9 Å². The number of hydrogen-bond donors (Lipinski definition) is 2. The SMILES string of the molecule is COc1cc2c(C(=O)OC(N)=O)c(-c3ccc(F)cc3)oc2cc1-c1cc[nH]c1. The number of nitrogens with one attached hydrogen (secondary N) is 1. The highest BCUT2D eigenvalue weighted by molar-refractivity contribution is 6.12. The van der Waals surface area contributed by atoms with Crippen LogP contribution in [0, 0.1) is 5.82 Å². The van der Waals surface area contributed by atoms with Crippen molar-refractivity contribution in [2.45, 2.75) is 0 Å². The van der Waals surface area contributed by atoms with E-state index in [9.17, 15) is 14.0 Å². The van der Waals surface area contributed by atoms with Crippen molar-refractivity contribution in [2.75, 3.05) is 7.11 Å². The van der Waals surface area contributed by atoms with Gasteiger partial charge in [0.15, 0.2) is 0 Å². The number of benzene rings is 2. The van der Waals surface area contributed by atoms with Crippen LogP contribution < -0.4 is 10.5 Å². The van der Waals surface area contributed by atoms with Gasteiger partial charge in [0.25, 0.3) is 0 Å². The molecule has 7 nitrogen and oxygen atoms in total. The summed E-state index contributed by atoms with van der Waals surface area (Å²) in [5.41, 5.74) is 7.37. The number of carbonyl (C=O) groups is 2. The van der Waals surface area contributed by atoms with Gasteiger partial charge in [-0.1, -0.05) is 0 Å². The molecule has 8 heteroatoms. The first-order valence-corrected chi connectivity index (χ1v) is 8.53. The zero-order valence-corrected chi connectivity index (χ0v) is 15.2. The number of methoxy groups -OCH3 is 1. The number of halogens is 1. The lowest BCUT2D eigenvalue weighted by molar-refractivity contribution is 0.0640. The van der Waals surface area contributed by atoms with E-state index in [0.717, 1.165) is 11.1 Å². The van der Waals surface area contributed by atoms with Crippen LogP contribution in [0.1, 0.15) is 10.4 Å². The van der Waals surface area contributed by atoms with Gasteiger partial charge in [0.2, 0.25) is 0 Å². The molecule has 0 bridgehead atoms. The Bertz CT molecular complexity index is 1210. The third kappa shape index (κ3) is 3.31. The molecule has 3 N–H and O–H groups in total. The van der Waals surface area contributed by atoms with E-state index in [4.69, 9.17) is 14.9 Å². The van der Waals surface area contributed by atoms with Crippen molar-refractivity contribution in [1.82, 2.24) is 4.98 Å². The number of carbonyl (C=O) groups excluding carboxylic acids is 2. The van der Waals surface area contributed by atoms with Crippen molar-refractivity contribution in [3.8, 4) is 28.2 Å². The van der Waals surface area contributed by atoms with E-state index in [2.05, 4.69) is 9.72 Å². The van der Waals surface area contributed by atoms with E-state index in [1.54, 1.807) is 24.5 Å². The summed E-state index contributed by atoms with van der Waals surface area (Å²) >= 11 is 0. The Balaban J connectivity index is 1.99. The number of hydrogen-bond acceptors (Lipinski definition) is 5. The van der Waals surface area contributed by atoms with Crippen LogP contribution in [-0.2, 0) is 4.74 Å². The molecule has 4 rings (SSSR count). The molecule has 1 amide bonds. The Morgan fingerprint density at radius 2 is 1.86 bits per heavy atom. The molecule has 2 aromatic heterocycles. The number of aromatic nitrogens is 1. The molecule has 0 atom stereocenters. The summed E-state index contributed by atoms with van der Waals surface area (Å²) in [4.78, 5) is 26.7. The molecule has 0 aliphatic carbocycles. The van der Waals surface area contributed by atoms with Crippen molar-refractivity contribution in [1.29, 1.82) is 0 Å². The van der Waals surface area contributed by atoms with Crippen LogP contribution in [0.3, 0.4) is 0 Å². The van der Waals surface area contributed by atoms with Crippen LogP contribution in [0.25, 0.3) is 33.4 Å². The number of H-pyrrole nitrogens is 1. The molecule has 0 radical (unpaired) electrons. The number of primary amides is 1. The fraction of sp³-hybridized carbons (Fsp3) is 0.0476. The molecule has 0 unspecified atom stereocenters. The average molecular weight is 394 g/mol. The lowest BCUT2D eigenvalue weighted by atomic mass is 10.0. The molecule has 0 spiro atoms. The molecule has 2 aromatic carbocycles. The number of furan rings is 1. The van der Waals surface area contributed by atoms with Gasteiger partial charge in [-0.15, -0.1) is 0 Å². The van der Waals surface area contributed by atoms with Crippen molar-refractivity contribution >= 4 is 23.0 Å². The largest absolute Gasteiger partial charge is 0.496 e. The number of fused-ring (bicyclic) bond motifs is 1. The molecule has 29 heavy (non-hydrogen) atoms. The second-order valence-electron chi connectivity index (χ2n) is 6.17. The summed E-state index contributed by atoms with van der Waals surface area (Å²) in [6, 6.07) is 10.6. The minimum atomic E-state index is -1.25. The molecule has 4 aromatic rings. The zero-order valence-electron chi connectivity index (χ0n) is 15.2. The molecule has 0 saturated carbocycles. The second kappa shape index (κ2) is 7.16. The molecule has 146 valence electrons. The number of nitrogens with two attached hydrogens (primary N) is 1. The van der Waals surface area contributed by atoms with Gasteiger partial charge in [0.1, 0.15) is 28.5 Å². The van der Waals surface area contributed by atoms with Crippen LogP contribution in [0.2, 0.25) is 0 Å². The number of esters is 1. The number of ether oxygens (including phenoxy) is 2. The molecule has 0 aliphatic heterocycles. The van der Waals surface area contributed by atoms with Gasteiger partial charge in [0.05, 0.1) is 7.11 Å². The fourth-order valence-corrected chi connectivity index (χ4v) is 3.16. The van der Waals surface area contributed by atoms with Gasteiger partial charge in [-0.3, -0.25) is 0 Å². The van der Waals surface area contributed by atoms with Gasteiger partial charge in [-0.2, -0.15) is 0 Å². The van der Waals surface area contributed by atoms with E-state index < -0.39 is 17.9 Å². The van der Waals surface area contributed by atoms with Crippen LogP contribution in [0.15, 0.2) is 59.3 Å². The van der Waals surface area contributed by atoms with Gasteiger partial charge in [-0.25, -0.2) is 14.0 Å². The second-order valence-corrected chi connectivity index (χ2v) is 6.17. The third-order valence-electron chi connectivity index (χ3n) is 4.42. The maximum Gasteiger partial charge on any atom is 0.412 e. The topological polar surface area (TPSA) is 108 Å². The van der Waals surface area contributed by atoms with Gasteiger partial charge >= 0.3 is 12.1 Å². The smallest absolute Gasteiger partial charge is 0.412 e. The van der Waals surface area contributed by atoms with E-state index in [1.807, 2.05) is 6.07 Å². The lowest BCUT2D eigenvalue weighted by Crippen LogP contribution is -2.18. The van der Waals surface area contributed by atoms with Crippen molar-refractivity contribution in [2.24, 2.45) is 5.73 Å². The quantitative estimate of drug-likeness (QED) is 0.392. The maximum absolute atomic E-state index is 13.3. The molecule has 0 fully saturated rings. The van der Waals surface area contributed by atoms with E-state index >= 15 is 0 Å². The van der Waals surface area contributed by atoms with Crippen molar-refractivity contribution in [3.63, 3.8) is 0 Å². The van der Waals surface area contributed by atoms with Crippen LogP contribution >= 0.6 is 0 Å². The first-order valence-electron chi connectivity index (χ1n) is 8.53. The monoisotopic (exact) mass is 394 g/mol. The molecular weight excluding hydrogens is 379 g/mol. The molecular formula is C21H15FN2O5. The minimum Gasteiger partial charge on any atom is -0.496 e. The third-order valence-corrected chi connectivity index (χ3v) is 4.42. The molecule has 0 saturated heterocycles. The Kier molecular flexibility index (Phi) is 4.52. The lowest BCUT2D eigenvalue weighted by Gasteiger charge is -2.07. The number of amides is 1. The van der Waals surface area contributed by atoms with Crippen LogP contribution in [0.5, 0.6) is 5.75 Å². The number of aromatic amines is 1. The van der Waals surface area contributed by atoms with E-state index in [-0.39, 0.29) is 11.3 Å². The molecule has 0 aliphatic rings. The van der Waals surface area contributed by atoms with E-state index in [0.29, 0.717) is 22.3 Å². The average Bonchev–Trinajstić information content (AvgIpc) is 3.34. The summed E-state index contributed by atoms with van der Waals surface area (Å²) in [6.07, 6.45) is 2.31. The zero-order chi connectivity index (χ0) is 20.5. The summed E-state index contributed by atoms with van der Waals surface area (Å²) in [7, 11) is 1.50. The van der Waals surface area contributed by atoms with Crippen molar-refractivity contribution in [3.05, 3.63) is 66.2 Å². The Hall–Kier alpha value is -4.07. The Morgan fingerprint density at radius 1 is 1.10 bits per heavy atom. The first kappa shape index (κ1) is 18.3. The van der Waals surface area contributed by atoms with E-state index in [1.165, 1.54) is 31.4 Å². The Morgan fingerprint density at radius 3 is 2.48 bits per heavy atom. The number of rotatable bonds is 4. The van der Waals surface area contributed by atoms with Gasteiger partial charge in [0, 0.05) is 34.5 Å². The van der Waals surface area contributed by atoms with Crippen LogP contribution in [-0.4, -0.2) is 24.2 Å². The fourth-order valence-electron chi connectivity index (χ4n) is 3.16. The Labute approximate surface area is 163 Å². The maximum atomic E-state index is 13.3. The predicted molar refractivity (Wildman–Crippen MR) is 103 cm³/mol. The van der Waals surface area contributed by atoms with Gasteiger partial charge in [-0.05, 0) is 42.5 Å². The summed E-state index contributed by atoms with van der Waals surface area (Å²) in [5.74, 6) is -0.814. The normalized spacial score (nSPS) is 10.8. The summed E-state index contributed by atoms with van der Waals surface area (Å²) < 4.78 is 29.3. The standard InChI is InChI=1S/C21H15FN2O5/c1-27-16-9-15-17(8-14(16)12-6-7-24-10-12)28-19(11-2-4-13(22)5-3-11)18(15)20(25)29-21(23)26/h2-10,24H,1H3,(H2,23,26). The minimum absolute atomic E-state index is 0.00988. The first-order chi connectivity index (χ1) is 14.0. The predicted octanol–water partition coefficient (Wildman–Crippen LogP) is 4.48. The highest BCUT2D eigenvalue weighted by Gasteiger charge is 2.26. The highest BCUT2D eigenvalue weighted by atomic mass is 19.1. The highest BCUT2D eigenvalue weighted by Crippen LogP contribution is 2.40. The van der Waals surface area contributed by atoms with Crippen LogP contribution in [0.4, 0.5) is 9.18 Å². The molecule has 2 heterocycles.